The zero-order chi connectivity index (χ0) is 20.5. The van der Waals surface area contributed by atoms with Crippen LogP contribution in [0.25, 0.3) is 21.3 Å². The van der Waals surface area contributed by atoms with Gasteiger partial charge in [0.2, 0.25) is 0 Å². The van der Waals surface area contributed by atoms with E-state index in [2.05, 4.69) is 87.9 Å². The number of nitrogens with zero attached hydrogens (tertiary/aromatic N) is 3. The zero-order valence-corrected chi connectivity index (χ0v) is 18.2. The van der Waals surface area contributed by atoms with Crippen LogP contribution in [0.2, 0.25) is 0 Å². The van der Waals surface area contributed by atoms with Crippen LogP contribution in [0, 0.1) is 12.8 Å². The second-order valence-electron chi connectivity index (χ2n) is 8.26. The van der Waals surface area contributed by atoms with Crippen LogP contribution in [0.3, 0.4) is 0 Å². The van der Waals surface area contributed by atoms with Gasteiger partial charge in [0.15, 0.2) is 0 Å². The first-order chi connectivity index (χ1) is 14.7. The van der Waals surface area contributed by atoms with Gasteiger partial charge in [0, 0.05) is 35.4 Å². The van der Waals surface area contributed by atoms with Crippen molar-refractivity contribution < 1.29 is 0 Å². The van der Waals surface area contributed by atoms with Crippen LogP contribution in [0.1, 0.15) is 25.3 Å². The molecule has 2 aromatic heterocycles. The van der Waals surface area contributed by atoms with Crippen LogP contribution >= 0.6 is 11.3 Å². The molecular weight excluding hydrogens is 388 g/mol. The number of anilines is 3. The van der Waals surface area contributed by atoms with Crippen molar-refractivity contribution in [1.82, 2.24) is 9.97 Å². The summed E-state index contributed by atoms with van der Waals surface area (Å²) in [6.07, 6.45) is 4.20. The van der Waals surface area contributed by atoms with E-state index in [1.54, 1.807) is 17.7 Å². The van der Waals surface area contributed by atoms with Crippen LogP contribution in [0.5, 0.6) is 0 Å². The molecule has 1 saturated heterocycles. The molecule has 0 saturated carbocycles. The van der Waals surface area contributed by atoms with Gasteiger partial charge in [-0.25, -0.2) is 9.97 Å². The van der Waals surface area contributed by atoms with Gasteiger partial charge in [-0.2, -0.15) is 0 Å². The van der Waals surface area contributed by atoms with E-state index in [9.17, 15) is 0 Å². The summed E-state index contributed by atoms with van der Waals surface area (Å²) in [5.41, 5.74) is 5.98. The number of piperidine rings is 1. The number of thiophene rings is 1. The Balaban J connectivity index is 1.43. The summed E-state index contributed by atoms with van der Waals surface area (Å²) in [5, 5.41) is 6.79. The lowest BCUT2D eigenvalue weighted by Crippen LogP contribution is -2.32. The highest BCUT2D eigenvalue weighted by atomic mass is 32.1. The Morgan fingerprint density at radius 1 is 0.967 bits per heavy atom. The smallest absolute Gasteiger partial charge is 0.143 e. The average molecular weight is 415 g/mol. The maximum absolute atomic E-state index is 4.57. The second-order valence-corrected chi connectivity index (χ2v) is 9.12. The van der Waals surface area contributed by atoms with Crippen molar-refractivity contribution in [2.24, 2.45) is 5.92 Å². The summed E-state index contributed by atoms with van der Waals surface area (Å²) in [6, 6.07) is 17.4. The van der Waals surface area contributed by atoms with Gasteiger partial charge in [-0.3, -0.25) is 0 Å². The summed E-state index contributed by atoms with van der Waals surface area (Å²) < 4.78 is 0. The molecule has 1 N–H and O–H groups in total. The topological polar surface area (TPSA) is 41.1 Å². The molecule has 0 radical (unpaired) electrons. The Labute approximate surface area is 181 Å². The molecular formula is C25H26N4S. The fraction of sp³-hybridized carbons (Fsp3) is 0.280. The third kappa shape index (κ3) is 3.77. The predicted octanol–water partition coefficient (Wildman–Crippen LogP) is 6.65. The number of fused-ring (bicyclic) bond motifs is 1. The number of rotatable bonds is 4. The number of nitrogens with one attached hydrogen (secondary N) is 1. The molecule has 0 unspecified atom stereocenters. The third-order valence-corrected chi connectivity index (χ3v) is 6.90. The van der Waals surface area contributed by atoms with Gasteiger partial charge in [-0.05, 0) is 55.5 Å². The summed E-state index contributed by atoms with van der Waals surface area (Å²) in [4.78, 5) is 12.6. The van der Waals surface area contributed by atoms with Crippen LogP contribution in [0.15, 0.2) is 60.2 Å². The molecule has 1 aliphatic heterocycles. The lowest BCUT2D eigenvalue weighted by Gasteiger charge is -2.32. The Morgan fingerprint density at radius 2 is 1.70 bits per heavy atom. The molecule has 2 aromatic carbocycles. The molecule has 4 nitrogen and oxygen atoms in total. The molecule has 4 aromatic rings. The van der Waals surface area contributed by atoms with Gasteiger partial charge in [0.1, 0.15) is 17.0 Å². The first-order valence-corrected chi connectivity index (χ1v) is 11.5. The van der Waals surface area contributed by atoms with Crippen molar-refractivity contribution in [3.63, 3.8) is 0 Å². The maximum Gasteiger partial charge on any atom is 0.143 e. The lowest BCUT2D eigenvalue weighted by molar-refractivity contribution is 0.438. The minimum Gasteiger partial charge on any atom is -0.372 e. The molecule has 3 heterocycles. The molecule has 0 amide bonds. The monoisotopic (exact) mass is 414 g/mol. The Kier molecular flexibility index (Phi) is 5.13. The van der Waals surface area contributed by atoms with Crippen LogP contribution in [-0.4, -0.2) is 23.1 Å². The van der Waals surface area contributed by atoms with E-state index < -0.39 is 0 Å². The molecule has 5 rings (SSSR count). The van der Waals surface area contributed by atoms with E-state index in [0.717, 1.165) is 40.7 Å². The fourth-order valence-corrected chi connectivity index (χ4v) is 4.99. The molecule has 0 aliphatic carbocycles. The summed E-state index contributed by atoms with van der Waals surface area (Å²) >= 11 is 1.66. The van der Waals surface area contributed by atoms with E-state index in [1.807, 2.05) is 0 Å². The van der Waals surface area contributed by atoms with E-state index in [0.29, 0.717) is 0 Å². The number of aryl methyl sites for hydroxylation is 1. The van der Waals surface area contributed by atoms with E-state index in [-0.39, 0.29) is 0 Å². The predicted molar refractivity (Wildman–Crippen MR) is 128 cm³/mol. The highest BCUT2D eigenvalue weighted by molar-refractivity contribution is 7.17. The quantitative estimate of drug-likeness (QED) is 0.406. The second kappa shape index (κ2) is 8.07. The Bertz CT molecular complexity index is 1140. The molecule has 1 aliphatic rings. The van der Waals surface area contributed by atoms with Crippen molar-refractivity contribution in [2.45, 2.75) is 26.7 Å². The van der Waals surface area contributed by atoms with E-state index >= 15 is 0 Å². The molecule has 1 fully saturated rings. The van der Waals surface area contributed by atoms with Crippen LogP contribution < -0.4 is 10.2 Å². The first-order valence-electron chi connectivity index (χ1n) is 10.6. The molecule has 5 heteroatoms. The minimum absolute atomic E-state index is 0.843. The molecule has 30 heavy (non-hydrogen) atoms. The SMILES string of the molecule is Cc1ccc(-c2csc3ncnc(Nc4ccc(N5CCC(C)CC5)cc4)c23)cc1. The number of hydrogen-bond donors (Lipinski definition) is 1. The van der Waals surface area contributed by atoms with Crippen LogP contribution in [0.4, 0.5) is 17.2 Å². The molecule has 0 spiro atoms. The van der Waals surface area contributed by atoms with Crippen molar-refractivity contribution in [2.75, 3.05) is 23.3 Å². The van der Waals surface area contributed by atoms with Crippen molar-refractivity contribution in [3.05, 3.63) is 65.8 Å². The largest absolute Gasteiger partial charge is 0.372 e. The van der Waals surface area contributed by atoms with Gasteiger partial charge in [0.25, 0.3) is 0 Å². The fourth-order valence-electron chi connectivity index (χ4n) is 4.07. The van der Waals surface area contributed by atoms with Gasteiger partial charge >= 0.3 is 0 Å². The highest BCUT2D eigenvalue weighted by Crippen LogP contribution is 2.37. The zero-order valence-electron chi connectivity index (χ0n) is 17.4. The van der Waals surface area contributed by atoms with Gasteiger partial charge in [-0.1, -0.05) is 36.8 Å². The Hall–Kier alpha value is -2.92. The first kappa shape index (κ1) is 19.1. The minimum atomic E-state index is 0.843. The number of hydrogen-bond acceptors (Lipinski definition) is 5. The van der Waals surface area contributed by atoms with E-state index in [1.165, 1.54) is 35.2 Å². The lowest BCUT2D eigenvalue weighted by atomic mass is 9.99. The van der Waals surface area contributed by atoms with Gasteiger partial charge in [-0.15, -0.1) is 11.3 Å². The Morgan fingerprint density at radius 3 is 2.43 bits per heavy atom. The van der Waals surface area contributed by atoms with Crippen molar-refractivity contribution in [1.29, 1.82) is 0 Å². The maximum atomic E-state index is 4.57. The molecule has 0 atom stereocenters. The molecule has 152 valence electrons. The van der Waals surface area contributed by atoms with Gasteiger partial charge in [0.05, 0.1) is 5.39 Å². The van der Waals surface area contributed by atoms with E-state index in [4.69, 9.17) is 0 Å². The summed E-state index contributed by atoms with van der Waals surface area (Å²) in [6.45, 7) is 6.76. The third-order valence-electron chi connectivity index (χ3n) is 6.01. The van der Waals surface area contributed by atoms with Gasteiger partial charge < -0.3 is 10.2 Å². The normalized spacial score (nSPS) is 14.9. The number of aromatic nitrogens is 2. The average Bonchev–Trinajstić information content (AvgIpc) is 3.21. The molecule has 0 bridgehead atoms. The summed E-state index contributed by atoms with van der Waals surface area (Å²) in [7, 11) is 0. The van der Waals surface area contributed by atoms with Crippen LogP contribution in [-0.2, 0) is 0 Å². The van der Waals surface area contributed by atoms with Crippen molar-refractivity contribution >= 4 is 38.7 Å². The number of benzene rings is 2. The summed E-state index contributed by atoms with van der Waals surface area (Å²) in [5.74, 6) is 1.70. The standard InChI is InChI=1S/C25H26N4S/c1-17-3-5-19(6-4-17)22-15-30-25-23(22)24(26-16-27-25)28-20-7-9-21(10-8-20)29-13-11-18(2)12-14-29/h3-10,15-16,18H,11-14H2,1-2H3,(H,26,27,28). The highest BCUT2D eigenvalue weighted by Gasteiger charge is 2.16. The van der Waals surface area contributed by atoms with Crippen molar-refractivity contribution in [3.8, 4) is 11.1 Å².